The predicted molar refractivity (Wildman–Crippen MR) is 119 cm³/mol. The summed E-state index contributed by atoms with van der Waals surface area (Å²) in [5.74, 6) is -0.636. The van der Waals surface area contributed by atoms with E-state index >= 15 is 0 Å². The van der Waals surface area contributed by atoms with Crippen molar-refractivity contribution < 1.29 is 14.4 Å². The van der Waals surface area contributed by atoms with E-state index in [1.807, 2.05) is 30.3 Å². The minimum Gasteiger partial charge on any atom is -0.324 e. The zero-order valence-corrected chi connectivity index (χ0v) is 17.9. The lowest BCUT2D eigenvalue weighted by molar-refractivity contribution is -0.121. The molecule has 2 aromatic carbocycles. The van der Waals surface area contributed by atoms with E-state index in [4.69, 9.17) is 0 Å². The second kappa shape index (κ2) is 6.30. The third-order valence-corrected chi connectivity index (χ3v) is 7.40. The lowest BCUT2D eigenvalue weighted by Gasteiger charge is -2.45. The normalized spacial score (nSPS) is 26.4. The van der Waals surface area contributed by atoms with Crippen molar-refractivity contribution in [1.82, 2.24) is 4.90 Å². The zero-order valence-electron chi connectivity index (χ0n) is 17.9. The maximum absolute atomic E-state index is 13.9. The highest BCUT2D eigenvalue weighted by Crippen LogP contribution is 2.62. The van der Waals surface area contributed by atoms with E-state index in [9.17, 15) is 14.4 Å². The Hall–Kier alpha value is -3.41. The molecule has 0 radical (unpaired) electrons. The van der Waals surface area contributed by atoms with Crippen LogP contribution in [0.25, 0.3) is 0 Å². The van der Waals surface area contributed by atoms with Crippen molar-refractivity contribution in [2.24, 2.45) is 5.41 Å². The topological polar surface area (TPSA) is 69.7 Å². The number of nitrogens with zero attached hydrogens (tertiary/aromatic N) is 2. The Morgan fingerprint density at radius 2 is 1.84 bits per heavy atom. The van der Waals surface area contributed by atoms with Gasteiger partial charge in [-0.3, -0.25) is 19.3 Å². The Bertz CT molecular complexity index is 1150. The average molecular weight is 415 g/mol. The molecule has 0 bridgehead atoms. The van der Waals surface area contributed by atoms with E-state index in [-0.39, 0.29) is 17.7 Å². The molecule has 0 unspecified atom stereocenters. The van der Waals surface area contributed by atoms with Crippen LogP contribution in [0.2, 0.25) is 0 Å². The van der Waals surface area contributed by atoms with Gasteiger partial charge in [0.05, 0.1) is 11.3 Å². The molecule has 0 spiro atoms. The standard InChI is InChI=1S/C25H25N3O3/c1-5-24(3,4)25-14-20-21(30)26-18-12-8-6-10-16(18)22(31)28(20)23(25)27(15(2)29)19-13-9-7-11-17(19)25/h5-13,20,23H,1,14H2,2-4H3,(H,26,30)/t20-,23+,25-/m1/s1. The van der Waals surface area contributed by atoms with Crippen LogP contribution in [0.1, 0.15) is 43.1 Å². The second-order valence-corrected chi connectivity index (χ2v) is 9.14. The molecule has 3 aliphatic heterocycles. The molecule has 1 saturated heterocycles. The molecule has 3 heterocycles. The molecule has 2 aromatic rings. The van der Waals surface area contributed by atoms with Gasteiger partial charge in [-0.2, -0.15) is 0 Å². The summed E-state index contributed by atoms with van der Waals surface area (Å²) in [4.78, 5) is 43.5. The number of benzene rings is 2. The Kier molecular flexibility index (Phi) is 3.97. The minimum absolute atomic E-state index is 0.162. The van der Waals surface area contributed by atoms with Crippen molar-refractivity contribution in [2.75, 3.05) is 10.2 Å². The molecule has 0 saturated carbocycles. The molecule has 1 fully saturated rings. The molecule has 0 aliphatic carbocycles. The summed E-state index contributed by atoms with van der Waals surface area (Å²) in [6.07, 6.45) is 1.66. The van der Waals surface area contributed by atoms with Crippen molar-refractivity contribution in [3.05, 3.63) is 72.3 Å². The molecule has 6 heteroatoms. The summed E-state index contributed by atoms with van der Waals surface area (Å²) in [6.45, 7) is 9.72. The fraction of sp³-hybridized carbons (Fsp3) is 0.320. The van der Waals surface area contributed by atoms with Crippen molar-refractivity contribution in [3.8, 4) is 0 Å². The summed E-state index contributed by atoms with van der Waals surface area (Å²) in [7, 11) is 0. The third kappa shape index (κ3) is 2.30. The van der Waals surface area contributed by atoms with Crippen molar-refractivity contribution in [2.45, 2.75) is 44.8 Å². The minimum atomic E-state index is -0.695. The molecule has 3 atom stereocenters. The van der Waals surface area contributed by atoms with Gasteiger partial charge in [0.1, 0.15) is 12.2 Å². The van der Waals surface area contributed by atoms with Crippen LogP contribution >= 0.6 is 0 Å². The number of carbonyl (C=O) groups excluding carboxylic acids is 3. The summed E-state index contributed by atoms with van der Waals surface area (Å²) in [5.41, 5.74) is 1.54. The van der Waals surface area contributed by atoms with Crippen LogP contribution in [0.5, 0.6) is 0 Å². The number of anilines is 2. The van der Waals surface area contributed by atoms with Gasteiger partial charge in [0.2, 0.25) is 11.8 Å². The monoisotopic (exact) mass is 415 g/mol. The lowest BCUT2D eigenvalue weighted by atomic mass is 9.60. The first-order valence-electron chi connectivity index (χ1n) is 10.5. The van der Waals surface area contributed by atoms with Gasteiger partial charge < -0.3 is 10.2 Å². The van der Waals surface area contributed by atoms with Crippen molar-refractivity contribution in [3.63, 3.8) is 0 Å². The van der Waals surface area contributed by atoms with Crippen molar-refractivity contribution in [1.29, 1.82) is 0 Å². The molecule has 6 nitrogen and oxygen atoms in total. The molecule has 0 aromatic heterocycles. The highest BCUT2D eigenvalue weighted by atomic mass is 16.2. The maximum atomic E-state index is 13.9. The quantitative estimate of drug-likeness (QED) is 0.761. The molecular formula is C25H25N3O3. The fourth-order valence-corrected chi connectivity index (χ4v) is 5.78. The summed E-state index contributed by atoms with van der Waals surface area (Å²) in [5, 5.41) is 2.94. The predicted octanol–water partition coefficient (Wildman–Crippen LogP) is 3.70. The first-order chi connectivity index (χ1) is 14.7. The first kappa shape index (κ1) is 19.5. The number of carbonyl (C=O) groups is 3. The van der Waals surface area contributed by atoms with Gasteiger partial charge in [-0.25, -0.2) is 0 Å². The van der Waals surface area contributed by atoms with Crippen LogP contribution in [-0.4, -0.2) is 34.8 Å². The largest absolute Gasteiger partial charge is 0.324 e. The summed E-state index contributed by atoms with van der Waals surface area (Å²) >= 11 is 0. The Labute approximate surface area is 181 Å². The molecule has 31 heavy (non-hydrogen) atoms. The second-order valence-electron chi connectivity index (χ2n) is 9.14. The number of hydrogen-bond acceptors (Lipinski definition) is 3. The van der Waals surface area contributed by atoms with Crippen LogP contribution < -0.4 is 10.2 Å². The van der Waals surface area contributed by atoms with E-state index in [0.717, 1.165) is 11.3 Å². The molecule has 158 valence electrons. The smallest absolute Gasteiger partial charge is 0.258 e. The number of fused-ring (bicyclic) bond motifs is 6. The van der Waals surface area contributed by atoms with Crippen LogP contribution in [0.15, 0.2) is 61.2 Å². The number of allylic oxidation sites excluding steroid dienone is 1. The van der Waals surface area contributed by atoms with Gasteiger partial charge >= 0.3 is 0 Å². The number of para-hydroxylation sites is 2. The Morgan fingerprint density at radius 3 is 2.55 bits per heavy atom. The van der Waals surface area contributed by atoms with Gasteiger partial charge in [-0.15, -0.1) is 6.58 Å². The molecule has 1 N–H and O–H groups in total. The maximum Gasteiger partial charge on any atom is 0.258 e. The van der Waals surface area contributed by atoms with Gasteiger partial charge in [0.25, 0.3) is 5.91 Å². The molecular weight excluding hydrogens is 390 g/mol. The number of rotatable bonds is 2. The molecule has 3 aliphatic rings. The third-order valence-electron chi connectivity index (χ3n) is 7.40. The zero-order chi connectivity index (χ0) is 22.1. The van der Waals surface area contributed by atoms with Crippen LogP contribution in [0.3, 0.4) is 0 Å². The van der Waals surface area contributed by atoms with Crippen LogP contribution in [0, 0.1) is 5.41 Å². The van der Waals surface area contributed by atoms with Crippen molar-refractivity contribution >= 4 is 29.1 Å². The van der Waals surface area contributed by atoms with E-state index in [1.54, 1.807) is 34.1 Å². The Balaban J connectivity index is 1.82. The lowest BCUT2D eigenvalue weighted by Crippen LogP contribution is -2.58. The van der Waals surface area contributed by atoms with Crippen LogP contribution in [-0.2, 0) is 15.0 Å². The number of hydrogen-bond donors (Lipinski definition) is 1. The number of amides is 3. The Morgan fingerprint density at radius 1 is 1.16 bits per heavy atom. The van der Waals surface area contributed by atoms with E-state index < -0.39 is 23.0 Å². The fourth-order valence-electron chi connectivity index (χ4n) is 5.78. The van der Waals surface area contributed by atoms with Gasteiger partial charge in [0.15, 0.2) is 0 Å². The van der Waals surface area contributed by atoms with Gasteiger partial charge in [-0.05, 0) is 35.6 Å². The average Bonchev–Trinajstić information content (AvgIpc) is 3.22. The van der Waals surface area contributed by atoms with Gasteiger partial charge in [-0.1, -0.05) is 50.3 Å². The van der Waals surface area contributed by atoms with E-state index in [2.05, 4.69) is 25.7 Å². The first-order valence-corrected chi connectivity index (χ1v) is 10.5. The SMILES string of the molecule is C=CC(C)(C)[C@@]12C[C@@H]3C(=O)Nc4ccccc4C(=O)N3[C@@H]1N(C(C)=O)c1ccccc12. The summed E-state index contributed by atoms with van der Waals surface area (Å²) in [6, 6.07) is 14.1. The summed E-state index contributed by atoms with van der Waals surface area (Å²) < 4.78 is 0. The highest BCUT2D eigenvalue weighted by molar-refractivity contribution is 6.11. The molecule has 5 rings (SSSR count). The number of nitrogens with one attached hydrogen (secondary N) is 1. The highest BCUT2D eigenvalue weighted by Gasteiger charge is 2.69. The van der Waals surface area contributed by atoms with E-state index in [0.29, 0.717) is 17.7 Å². The molecule has 3 amide bonds. The van der Waals surface area contributed by atoms with E-state index in [1.165, 1.54) is 6.92 Å². The van der Waals surface area contributed by atoms with Gasteiger partial charge in [0, 0.05) is 18.0 Å². The van der Waals surface area contributed by atoms with Crippen LogP contribution in [0.4, 0.5) is 11.4 Å².